The first-order valence-corrected chi connectivity index (χ1v) is 5.92. The van der Waals surface area contributed by atoms with E-state index in [9.17, 15) is 0 Å². The number of benzene rings is 2. The largest absolute Gasteiger partial charge is 0.508 e. The van der Waals surface area contributed by atoms with Crippen LogP contribution < -0.4 is 5.43 Å². The van der Waals surface area contributed by atoms with Crippen molar-refractivity contribution in [3.63, 3.8) is 0 Å². The van der Waals surface area contributed by atoms with Crippen molar-refractivity contribution < 1.29 is 5.11 Å². The highest BCUT2D eigenvalue weighted by Gasteiger charge is 1.96. The summed E-state index contributed by atoms with van der Waals surface area (Å²) in [5.74, 6) is 0.246. The predicted molar refractivity (Wildman–Crippen MR) is 74.0 cm³/mol. The fourth-order valence-corrected chi connectivity index (χ4v) is 1.66. The van der Waals surface area contributed by atoms with Gasteiger partial charge in [-0.1, -0.05) is 29.8 Å². The van der Waals surface area contributed by atoms with Crippen molar-refractivity contribution in [2.75, 3.05) is 0 Å². The summed E-state index contributed by atoms with van der Waals surface area (Å²) < 4.78 is 0. The van der Waals surface area contributed by atoms with E-state index in [2.05, 4.69) is 10.5 Å². The monoisotopic (exact) mass is 260 g/mol. The lowest BCUT2D eigenvalue weighted by molar-refractivity contribution is 0.475. The molecule has 0 radical (unpaired) electrons. The van der Waals surface area contributed by atoms with Gasteiger partial charge in [-0.3, -0.25) is 0 Å². The topological polar surface area (TPSA) is 44.6 Å². The maximum absolute atomic E-state index is 9.13. The third kappa shape index (κ3) is 3.50. The Morgan fingerprint density at radius 1 is 1.11 bits per heavy atom. The summed E-state index contributed by atoms with van der Waals surface area (Å²) in [6, 6.07) is 14.4. The zero-order valence-corrected chi connectivity index (χ0v) is 10.4. The van der Waals surface area contributed by atoms with Gasteiger partial charge in [0.2, 0.25) is 0 Å². The van der Waals surface area contributed by atoms with Crippen LogP contribution in [0.5, 0.6) is 5.75 Å². The van der Waals surface area contributed by atoms with Crippen LogP contribution in [-0.4, -0.2) is 11.3 Å². The number of rotatable bonds is 4. The van der Waals surface area contributed by atoms with Gasteiger partial charge in [0.25, 0.3) is 0 Å². The number of aromatic hydroxyl groups is 1. The molecule has 0 saturated carbocycles. The molecule has 2 aromatic rings. The number of phenolic OH excluding ortho intramolecular Hbond substituents is 1. The van der Waals surface area contributed by atoms with Crippen LogP contribution in [0.3, 0.4) is 0 Å². The lowest BCUT2D eigenvalue weighted by atomic mass is 10.2. The molecule has 0 unspecified atom stereocenters. The fourth-order valence-electron chi connectivity index (χ4n) is 1.45. The highest BCUT2D eigenvalue weighted by molar-refractivity contribution is 6.31. The van der Waals surface area contributed by atoms with E-state index in [0.717, 1.165) is 16.1 Å². The van der Waals surface area contributed by atoms with Crippen LogP contribution in [0.1, 0.15) is 11.1 Å². The minimum atomic E-state index is 0.246. The summed E-state index contributed by atoms with van der Waals surface area (Å²) in [6.45, 7) is 0.578. The molecule has 4 heteroatoms. The number of hydrogen-bond donors (Lipinski definition) is 2. The molecule has 0 spiro atoms. The fraction of sp³-hybridized carbons (Fsp3) is 0.0714. The van der Waals surface area contributed by atoms with Crippen molar-refractivity contribution in [1.82, 2.24) is 5.43 Å². The molecular weight excluding hydrogens is 248 g/mol. The summed E-state index contributed by atoms with van der Waals surface area (Å²) in [5, 5.41) is 14.0. The van der Waals surface area contributed by atoms with Crippen LogP contribution in [0.2, 0.25) is 5.02 Å². The maximum Gasteiger partial charge on any atom is 0.115 e. The zero-order valence-electron chi connectivity index (χ0n) is 9.68. The third-order valence-electron chi connectivity index (χ3n) is 2.43. The average molecular weight is 261 g/mol. The molecule has 0 atom stereocenters. The van der Waals surface area contributed by atoms with E-state index in [1.165, 1.54) is 0 Å². The normalized spacial score (nSPS) is 10.7. The first-order valence-electron chi connectivity index (χ1n) is 5.54. The number of nitrogens with one attached hydrogen (secondary N) is 1. The zero-order chi connectivity index (χ0) is 12.8. The van der Waals surface area contributed by atoms with E-state index in [1.54, 1.807) is 30.5 Å². The van der Waals surface area contributed by atoms with E-state index in [0.29, 0.717) is 6.54 Å². The first-order chi connectivity index (χ1) is 8.75. The number of halogens is 1. The van der Waals surface area contributed by atoms with E-state index in [1.807, 2.05) is 24.3 Å². The molecular formula is C14H13ClN2O. The average Bonchev–Trinajstić information content (AvgIpc) is 2.39. The standard InChI is InChI=1S/C14H13ClN2O/c15-14-4-2-1-3-12(14)10-17-16-9-11-5-7-13(18)8-6-11/h1-9,17-18H,10H2/b16-9-. The van der Waals surface area contributed by atoms with Crippen LogP contribution in [-0.2, 0) is 6.54 Å². The van der Waals surface area contributed by atoms with Crippen molar-refractivity contribution in [3.8, 4) is 5.75 Å². The molecule has 2 rings (SSSR count). The van der Waals surface area contributed by atoms with Crippen LogP contribution in [0.4, 0.5) is 0 Å². The Morgan fingerprint density at radius 3 is 2.56 bits per heavy atom. The van der Waals surface area contributed by atoms with Gasteiger partial charge in [0.05, 0.1) is 12.8 Å². The van der Waals surface area contributed by atoms with E-state index in [-0.39, 0.29) is 5.75 Å². The Labute approximate surface area is 111 Å². The van der Waals surface area contributed by atoms with Gasteiger partial charge in [0.1, 0.15) is 5.75 Å². The molecule has 2 aromatic carbocycles. The molecule has 18 heavy (non-hydrogen) atoms. The Hall–Kier alpha value is -2.00. The van der Waals surface area contributed by atoms with Crippen molar-refractivity contribution in [3.05, 3.63) is 64.7 Å². The summed E-state index contributed by atoms with van der Waals surface area (Å²) in [4.78, 5) is 0. The molecule has 0 fully saturated rings. The van der Waals surface area contributed by atoms with Gasteiger partial charge >= 0.3 is 0 Å². The van der Waals surface area contributed by atoms with Gasteiger partial charge in [-0.2, -0.15) is 5.10 Å². The van der Waals surface area contributed by atoms with Gasteiger partial charge < -0.3 is 10.5 Å². The summed E-state index contributed by atoms with van der Waals surface area (Å²) in [5.41, 5.74) is 4.85. The van der Waals surface area contributed by atoms with Crippen LogP contribution >= 0.6 is 11.6 Å². The molecule has 0 bridgehead atoms. The Bertz CT molecular complexity index is 538. The smallest absolute Gasteiger partial charge is 0.115 e. The molecule has 92 valence electrons. The third-order valence-corrected chi connectivity index (χ3v) is 2.79. The molecule has 2 N–H and O–H groups in total. The number of nitrogens with zero attached hydrogens (tertiary/aromatic N) is 1. The van der Waals surface area contributed by atoms with Gasteiger partial charge in [0.15, 0.2) is 0 Å². The second-order valence-electron chi connectivity index (χ2n) is 3.78. The lowest BCUT2D eigenvalue weighted by Gasteiger charge is -2.02. The van der Waals surface area contributed by atoms with Gasteiger partial charge in [-0.15, -0.1) is 0 Å². The minimum absolute atomic E-state index is 0.246. The van der Waals surface area contributed by atoms with E-state index in [4.69, 9.17) is 16.7 Å². The van der Waals surface area contributed by atoms with Crippen molar-refractivity contribution in [1.29, 1.82) is 0 Å². The van der Waals surface area contributed by atoms with Gasteiger partial charge in [-0.25, -0.2) is 0 Å². The summed E-state index contributed by atoms with van der Waals surface area (Å²) in [6.07, 6.45) is 1.69. The second-order valence-corrected chi connectivity index (χ2v) is 4.18. The summed E-state index contributed by atoms with van der Waals surface area (Å²) in [7, 11) is 0. The quantitative estimate of drug-likeness (QED) is 0.655. The van der Waals surface area contributed by atoms with Crippen molar-refractivity contribution in [2.45, 2.75) is 6.54 Å². The Balaban J connectivity index is 1.89. The van der Waals surface area contributed by atoms with Crippen molar-refractivity contribution >= 4 is 17.8 Å². The molecule has 0 aromatic heterocycles. The number of hydrogen-bond acceptors (Lipinski definition) is 3. The second kappa shape index (κ2) is 6.07. The highest BCUT2D eigenvalue weighted by atomic mass is 35.5. The molecule has 0 saturated heterocycles. The number of hydrazone groups is 1. The number of phenols is 1. The Kier molecular flexibility index (Phi) is 4.20. The predicted octanol–water partition coefficient (Wildman–Crippen LogP) is 3.17. The summed E-state index contributed by atoms with van der Waals surface area (Å²) >= 11 is 6.02. The molecule has 0 amide bonds. The highest BCUT2D eigenvalue weighted by Crippen LogP contribution is 2.14. The minimum Gasteiger partial charge on any atom is -0.508 e. The lowest BCUT2D eigenvalue weighted by Crippen LogP contribution is -2.05. The van der Waals surface area contributed by atoms with E-state index < -0.39 is 0 Å². The van der Waals surface area contributed by atoms with Crippen LogP contribution in [0, 0.1) is 0 Å². The SMILES string of the molecule is Oc1ccc(/C=N\NCc2ccccc2Cl)cc1. The Morgan fingerprint density at radius 2 is 1.83 bits per heavy atom. The molecule has 0 aliphatic rings. The molecule has 0 aliphatic carbocycles. The van der Waals surface area contributed by atoms with Crippen LogP contribution in [0.15, 0.2) is 53.6 Å². The molecule has 3 nitrogen and oxygen atoms in total. The van der Waals surface area contributed by atoms with Crippen molar-refractivity contribution in [2.24, 2.45) is 5.10 Å². The molecule has 0 heterocycles. The van der Waals surface area contributed by atoms with Gasteiger partial charge in [-0.05, 0) is 41.5 Å². The van der Waals surface area contributed by atoms with Crippen LogP contribution in [0.25, 0.3) is 0 Å². The molecule has 0 aliphatic heterocycles. The maximum atomic E-state index is 9.13. The first kappa shape index (κ1) is 12.5. The van der Waals surface area contributed by atoms with Gasteiger partial charge in [0, 0.05) is 5.02 Å². The van der Waals surface area contributed by atoms with E-state index >= 15 is 0 Å².